The zero-order valence-electron chi connectivity index (χ0n) is 19.0. The summed E-state index contributed by atoms with van der Waals surface area (Å²) in [6.45, 7) is 9.30. The summed E-state index contributed by atoms with van der Waals surface area (Å²) < 4.78 is 7.31. The Bertz CT molecular complexity index is 1030. The molecule has 2 saturated carbocycles. The first-order valence-corrected chi connectivity index (χ1v) is 12.6. The molecule has 31 heavy (non-hydrogen) atoms. The maximum absolute atomic E-state index is 7.31. The topological polar surface area (TPSA) is 12.5 Å². The average Bonchev–Trinajstić information content (AvgIpc) is 3.28. The van der Waals surface area contributed by atoms with Gasteiger partial charge in [0.05, 0.1) is 11.2 Å². The molecule has 0 unspecified atom stereocenters. The molecule has 1 aromatic carbocycles. The second-order valence-electron chi connectivity index (χ2n) is 11.6. The fraction of sp³-hybridized carbons (Fsp3) is 0.586. The van der Waals surface area contributed by atoms with Crippen LogP contribution in [0.3, 0.4) is 0 Å². The molecule has 2 nitrogen and oxygen atoms in total. The Kier molecular flexibility index (Phi) is 3.80. The first kappa shape index (κ1) is 18.9. The van der Waals surface area contributed by atoms with E-state index in [4.69, 9.17) is 4.74 Å². The highest BCUT2D eigenvalue weighted by atomic mass is 16.5. The molecule has 3 aliphatic carbocycles. The van der Waals surface area contributed by atoms with Gasteiger partial charge in [-0.1, -0.05) is 55.5 Å². The summed E-state index contributed by atoms with van der Waals surface area (Å²) in [4.78, 5) is 2.83. The van der Waals surface area contributed by atoms with Crippen LogP contribution in [0.15, 0.2) is 59.7 Å². The summed E-state index contributed by atoms with van der Waals surface area (Å²) in [5, 5.41) is 0. The summed E-state index contributed by atoms with van der Waals surface area (Å²) in [5.41, 5.74) is 7.89. The van der Waals surface area contributed by atoms with Crippen LogP contribution in [0.2, 0.25) is 0 Å². The summed E-state index contributed by atoms with van der Waals surface area (Å²) in [6, 6.07) is 9.76. The monoisotopic (exact) mass is 413 g/mol. The van der Waals surface area contributed by atoms with Crippen LogP contribution in [0.1, 0.15) is 69.4 Å². The number of allylic oxidation sites excluding steroid dienone is 1. The molecule has 3 fully saturated rings. The van der Waals surface area contributed by atoms with E-state index in [1.165, 1.54) is 56.2 Å². The summed E-state index contributed by atoms with van der Waals surface area (Å²) in [6.07, 6.45) is 16.0. The molecule has 7 rings (SSSR count). The minimum absolute atomic E-state index is 0.0208. The average molecular weight is 414 g/mol. The van der Waals surface area contributed by atoms with Gasteiger partial charge in [0, 0.05) is 25.6 Å². The van der Waals surface area contributed by atoms with Crippen LogP contribution in [-0.4, -0.2) is 28.7 Å². The molecule has 1 aromatic rings. The van der Waals surface area contributed by atoms with Crippen LogP contribution in [0, 0.1) is 11.3 Å². The van der Waals surface area contributed by atoms with Gasteiger partial charge in [0.2, 0.25) is 0 Å². The molecule has 0 aromatic heterocycles. The van der Waals surface area contributed by atoms with Crippen LogP contribution in [0.25, 0.3) is 0 Å². The van der Waals surface area contributed by atoms with Gasteiger partial charge in [0.15, 0.2) is 0 Å². The molecule has 3 aliphatic heterocycles. The van der Waals surface area contributed by atoms with Gasteiger partial charge >= 0.3 is 0 Å². The zero-order valence-corrected chi connectivity index (χ0v) is 19.0. The van der Waals surface area contributed by atoms with Crippen LogP contribution in [-0.2, 0) is 17.7 Å². The van der Waals surface area contributed by atoms with E-state index in [1.54, 1.807) is 16.7 Å². The number of nitrogens with zero attached hydrogens (tertiary/aromatic N) is 1. The van der Waals surface area contributed by atoms with Gasteiger partial charge in [-0.2, -0.15) is 0 Å². The van der Waals surface area contributed by atoms with E-state index in [9.17, 15) is 0 Å². The highest BCUT2D eigenvalue weighted by Gasteiger charge is 2.66. The normalized spacial score (nSPS) is 43.5. The minimum atomic E-state index is -0.0312. The lowest BCUT2D eigenvalue weighted by atomic mass is 9.59. The Balaban J connectivity index is 1.24. The largest absolute Gasteiger partial charge is 0.359 e. The fourth-order valence-electron chi connectivity index (χ4n) is 8.70. The van der Waals surface area contributed by atoms with Crippen LogP contribution < -0.4 is 0 Å². The molecule has 0 N–H and O–H groups in total. The van der Waals surface area contributed by atoms with Gasteiger partial charge in [-0.05, 0) is 85.0 Å². The molecule has 0 radical (unpaired) electrons. The van der Waals surface area contributed by atoms with Crippen molar-refractivity contribution in [1.82, 2.24) is 4.90 Å². The van der Waals surface area contributed by atoms with Gasteiger partial charge in [-0.15, -0.1) is 0 Å². The van der Waals surface area contributed by atoms with Crippen molar-refractivity contribution in [2.75, 3.05) is 6.54 Å². The first-order valence-electron chi connectivity index (χ1n) is 12.6. The van der Waals surface area contributed by atoms with Crippen molar-refractivity contribution >= 4 is 0 Å². The van der Waals surface area contributed by atoms with Crippen LogP contribution >= 0.6 is 0 Å². The Morgan fingerprint density at radius 2 is 1.94 bits per heavy atom. The molecule has 5 atom stereocenters. The predicted molar refractivity (Wildman–Crippen MR) is 125 cm³/mol. The lowest BCUT2D eigenvalue weighted by molar-refractivity contribution is -0.134. The van der Waals surface area contributed by atoms with Crippen molar-refractivity contribution in [3.8, 4) is 0 Å². The molecule has 1 saturated heterocycles. The standard InChI is InChI=1S/C29H35NO/c1-20-7-8-23-17-24-11-13-27(2)25(29(24)15-14-28(23,18-20)31-29)9-10-26(27)30-16-12-21-5-3-4-6-22(21)19-30/h3-6,11,17,25-26H,1,7-10,12-16,18-19H2,2H3/t25-,26+,27+,28-,29-/m1/s1. The maximum atomic E-state index is 7.31. The highest BCUT2D eigenvalue weighted by molar-refractivity contribution is 5.48. The third-order valence-corrected chi connectivity index (χ3v) is 10.2. The minimum Gasteiger partial charge on any atom is -0.359 e. The molecule has 2 spiro atoms. The molecular weight excluding hydrogens is 378 g/mol. The molecule has 162 valence electrons. The third-order valence-electron chi connectivity index (χ3n) is 10.2. The molecule has 2 heteroatoms. The number of hydrogen-bond acceptors (Lipinski definition) is 2. The van der Waals surface area contributed by atoms with E-state index in [-0.39, 0.29) is 11.2 Å². The molecule has 2 bridgehead atoms. The van der Waals surface area contributed by atoms with E-state index < -0.39 is 0 Å². The number of rotatable bonds is 1. The maximum Gasteiger partial charge on any atom is 0.0975 e. The number of fused-ring (bicyclic) bond motifs is 2. The SMILES string of the molecule is C=C1CCC2=CC3=CC[C@]4(C)[C@@H](N5CCc6ccccc6C5)CC[C@H]4[C@@]34CC[C@]2(C1)O4. The smallest absolute Gasteiger partial charge is 0.0975 e. The Morgan fingerprint density at radius 1 is 1.06 bits per heavy atom. The number of ether oxygens (including phenoxy) is 1. The summed E-state index contributed by atoms with van der Waals surface area (Å²) >= 11 is 0. The highest BCUT2D eigenvalue weighted by Crippen LogP contribution is 2.67. The van der Waals surface area contributed by atoms with Gasteiger partial charge < -0.3 is 4.74 Å². The summed E-state index contributed by atoms with van der Waals surface area (Å²) in [7, 11) is 0. The molecule has 0 amide bonds. The molecule has 3 heterocycles. The second kappa shape index (κ2) is 6.23. The van der Waals surface area contributed by atoms with E-state index in [1.807, 2.05) is 0 Å². The lowest BCUT2D eigenvalue weighted by Crippen LogP contribution is -2.56. The van der Waals surface area contributed by atoms with Gasteiger partial charge in [0.25, 0.3) is 0 Å². The molecular formula is C29H35NO. The van der Waals surface area contributed by atoms with Crippen molar-refractivity contribution in [3.05, 3.63) is 70.8 Å². The number of hydrogen-bond donors (Lipinski definition) is 0. The van der Waals surface area contributed by atoms with E-state index in [2.05, 4.69) is 54.8 Å². The lowest BCUT2D eigenvalue weighted by Gasteiger charge is -2.55. The zero-order chi connectivity index (χ0) is 20.8. The van der Waals surface area contributed by atoms with Crippen LogP contribution in [0.4, 0.5) is 0 Å². The van der Waals surface area contributed by atoms with Gasteiger partial charge in [-0.25, -0.2) is 0 Å². The predicted octanol–water partition coefficient (Wildman–Crippen LogP) is 6.13. The summed E-state index contributed by atoms with van der Waals surface area (Å²) in [5.74, 6) is 0.648. The second-order valence-corrected chi connectivity index (χ2v) is 11.6. The van der Waals surface area contributed by atoms with Crippen molar-refractivity contribution in [3.63, 3.8) is 0 Å². The van der Waals surface area contributed by atoms with Crippen LogP contribution in [0.5, 0.6) is 0 Å². The fourth-order valence-corrected chi connectivity index (χ4v) is 8.70. The van der Waals surface area contributed by atoms with E-state index in [0.29, 0.717) is 17.4 Å². The number of benzene rings is 1. The Labute approximate surface area is 187 Å². The Morgan fingerprint density at radius 3 is 2.84 bits per heavy atom. The quantitative estimate of drug-likeness (QED) is 0.514. The van der Waals surface area contributed by atoms with Crippen molar-refractivity contribution in [1.29, 1.82) is 0 Å². The van der Waals surface area contributed by atoms with Gasteiger partial charge in [-0.3, -0.25) is 4.90 Å². The first-order chi connectivity index (χ1) is 15.0. The van der Waals surface area contributed by atoms with Crippen molar-refractivity contribution in [2.24, 2.45) is 11.3 Å². The third kappa shape index (κ3) is 2.41. The van der Waals surface area contributed by atoms with E-state index in [0.717, 1.165) is 25.8 Å². The van der Waals surface area contributed by atoms with Gasteiger partial charge in [0.1, 0.15) is 0 Å². The Hall–Kier alpha value is -1.64. The van der Waals surface area contributed by atoms with Crippen molar-refractivity contribution < 1.29 is 4.74 Å². The van der Waals surface area contributed by atoms with Crippen molar-refractivity contribution in [2.45, 2.75) is 88.5 Å². The molecule has 6 aliphatic rings. The van der Waals surface area contributed by atoms with E-state index >= 15 is 0 Å².